The average molecular weight is 404 g/mol. The lowest BCUT2D eigenvalue weighted by atomic mass is 9.87. The Morgan fingerprint density at radius 1 is 0.793 bits per heavy atom. The van der Waals surface area contributed by atoms with Crippen LogP contribution >= 0.6 is 0 Å². The summed E-state index contributed by atoms with van der Waals surface area (Å²) in [6.45, 7) is 4.59. The van der Waals surface area contributed by atoms with Crippen LogP contribution in [0.15, 0.2) is 91.0 Å². The fourth-order valence-corrected chi connectivity index (χ4v) is 5.27. The van der Waals surface area contributed by atoms with Gasteiger partial charge >= 0.3 is 7.32 Å². The van der Waals surface area contributed by atoms with Gasteiger partial charge in [0.05, 0.1) is 0 Å². The highest BCUT2D eigenvalue weighted by atomic mass is 28.4. The second kappa shape index (κ2) is 10.6. The predicted molar refractivity (Wildman–Crippen MR) is 123 cm³/mol. The minimum absolute atomic E-state index is 0.314. The van der Waals surface area contributed by atoms with Gasteiger partial charge in [0, 0.05) is 12.5 Å². The van der Waals surface area contributed by atoms with Crippen molar-refractivity contribution in [2.75, 3.05) is 6.61 Å². The zero-order valence-electron chi connectivity index (χ0n) is 17.2. The normalized spacial score (nSPS) is 11.6. The van der Waals surface area contributed by atoms with E-state index in [-0.39, 0.29) is 0 Å². The monoisotopic (exact) mass is 404 g/mol. The van der Waals surface area contributed by atoms with Crippen LogP contribution in [0.25, 0.3) is 0 Å². The molecule has 0 amide bonds. The SMILES string of the molecule is C[Si](C)(OB(O)OCCCC(c1ccccc1)c1ccccc1)c1ccccc1. The van der Waals surface area contributed by atoms with E-state index in [9.17, 15) is 5.02 Å². The second-order valence-electron chi connectivity index (χ2n) is 7.69. The molecule has 3 aromatic carbocycles. The van der Waals surface area contributed by atoms with Gasteiger partial charge in [-0.3, -0.25) is 0 Å². The molecule has 0 unspecified atom stereocenters. The lowest BCUT2D eigenvalue weighted by Crippen LogP contribution is -2.49. The van der Waals surface area contributed by atoms with Crippen molar-refractivity contribution in [3.05, 3.63) is 102 Å². The Balaban J connectivity index is 1.52. The molecule has 1 N–H and O–H groups in total. The summed E-state index contributed by atoms with van der Waals surface area (Å²) in [6, 6.07) is 31.1. The summed E-state index contributed by atoms with van der Waals surface area (Å²) in [5.41, 5.74) is 2.60. The molecule has 0 spiro atoms. The van der Waals surface area contributed by atoms with E-state index < -0.39 is 15.6 Å². The topological polar surface area (TPSA) is 38.7 Å². The van der Waals surface area contributed by atoms with E-state index in [2.05, 4.69) is 61.6 Å². The van der Waals surface area contributed by atoms with Crippen molar-refractivity contribution in [1.29, 1.82) is 0 Å². The molecule has 3 nitrogen and oxygen atoms in total. The molecule has 0 aliphatic carbocycles. The molecule has 0 heterocycles. The molecule has 5 heteroatoms. The van der Waals surface area contributed by atoms with Gasteiger partial charge in [-0.2, -0.15) is 0 Å². The van der Waals surface area contributed by atoms with Crippen LogP contribution in [0.2, 0.25) is 13.1 Å². The maximum absolute atomic E-state index is 10.2. The zero-order valence-corrected chi connectivity index (χ0v) is 18.2. The molecule has 0 saturated carbocycles. The number of hydrogen-bond acceptors (Lipinski definition) is 3. The van der Waals surface area contributed by atoms with Gasteiger partial charge in [0.25, 0.3) is 0 Å². The Morgan fingerprint density at radius 3 is 1.79 bits per heavy atom. The zero-order chi connectivity index (χ0) is 20.5. The molecule has 3 aromatic rings. The van der Waals surface area contributed by atoms with E-state index in [1.165, 1.54) is 11.1 Å². The van der Waals surface area contributed by atoms with Crippen LogP contribution < -0.4 is 5.19 Å². The molecule has 0 bridgehead atoms. The van der Waals surface area contributed by atoms with E-state index in [1.54, 1.807) is 0 Å². The molecule has 0 aliphatic rings. The van der Waals surface area contributed by atoms with Crippen molar-refractivity contribution >= 4 is 20.8 Å². The molecule has 0 atom stereocenters. The Kier molecular flexibility index (Phi) is 7.84. The van der Waals surface area contributed by atoms with Crippen LogP contribution in [-0.4, -0.2) is 27.3 Å². The lowest BCUT2D eigenvalue weighted by molar-refractivity contribution is 0.187. The fourth-order valence-electron chi connectivity index (χ4n) is 3.56. The summed E-state index contributed by atoms with van der Waals surface area (Å²) in [6.07, 6.45) is 1.78. The summed E-state index contributed by atoms with van der Waals surface area (Å²) in [7, 11) is -3.40. The highest BCUT2D eigenvalue weighted by Crippen LogP contribution is 2.29. The van der Waals surface area contributed by atoms with Crippen LogP contribution in [-0.2, 0) is 9.00 Å². The molecule has 0 aliphatic heterocycles. The Hall–Kier alpha value is -2.18. The third-order valence-corrected chi connectivity index (χ3v) is 7.68. The molecule has 0 saturated heterocycles. The van der Waals surface area contributed by atoms with Crippen LogP contribution in [0.3, 0.4) is 0 Å². The van der Waals surface area contributed by atoms with Gasteiger partial charge in [-0.1, -0.05) is 91.0 Å². The minimum Gasteiger partial charge on any atom is -0.424 e. The Labute approximate surface area is 175 Å². The number of hydrogen-bond donors (Lipinski definition) is 1. The molecular formula is C24H29BO3Si. The van der Waals surface area contributed by atoms with Crippen LogP contribution in [0.1, 0.15) is 29.9 Å². The van der Waals surface area contributed by atoms with E-state index in [0.29, 0.717) is 12.5 Å². The lowest BCUT2D eigenvalue weighted by Gasteiger charge is -2.25. The maximum Gasteiger partial charge on any atom is 0.625 e. The molecule has 0 fully saturated rings. The third kappa shape index (κ3) is 6.41. The number of rotatable bonds is 10. The quantitative estimate of drug-likeness (QED) is 0.393. The maximum atomic E-state index is 10.2. The first kappa shape index (κ1) is 21.5. The highest BCUT2D eigenvalue weighted by molar-refractivity contribution is 6.87. The highest BCUT2D eigenvalue weighted by Gasteiger charge is 2.32. The molecule has 0 aromatic heterocycles. The fraction of sp³-hybridized carbons (Fsp3) is 0.250. The summed E-state index contributed by atoms with van der Waals surface area (Å²) in [5, 5.41) is 11.4. The average Bonchev–Trinajstić information content (AvgIpc) is 2.75. The van der Waals surface area contributed by atoms with Crippen molar-refractivity contribution in [2.24, 2.45) is 0 Å². The molecule has 29 heavy (non-hydrogen) atoms. The Morgan fingerprint density at radius 2 is 1.28 bits per heavy atom. The van der Waals surface area contributed by atoms with Gasteiger partial charge in [-0.15, -0.1) is 0 Å². The van der Waals surface area contributed by atoms with Gasteiger partial charge in [0.1, 0.15) is 0 Å². The van der Waals surface area contributed by atoms with E-state index >= 15 is 0 Å². The smallest absolute Gasteiger partial charge is 0.424 e. The first-order chi connectivity index (χ1) is 14.1. The van der Waals surface area contributed by atoms with E-state index in [0.717, 1.165) is 18.0 Å². The minimum atomic E-state index is -2.20. The van der Waals surface area contributed by atoms with Crippen molar-refractivity contribution in [1.82, 2.24) is 0 Å². The van der Waals surface area contributed by atoms with Crippen molar-refractivity contribution in [2.45, 2.75) is 31.9 Å². The van der Waals surface area contributed by atoms with Crippen molar-refractivity contribution in [3.63, 3.8) is 0 Å². The van der Waals surface area contributed by atoms with E-state index in [4.69, 9.17) is 9.00 Å². The largest absolute Gasteiger partial charge is 0.625 e. The predicted octanol–water partition coefficient (Wildman–Crippen LogP) is 4.72. The van der Waals surface area contributed by atoms with E-state index in [1.807, 2.05) is 42.5 Å². The van der Waals surface area contributed by atoms with Crippen LogP contribution in [0, 0.1) is 0 Å². The standard InChI is InChI=1S/C24H29BO3Si/c1-29(2,23-17-10-5-11-18-23)28-25(26)27-20-12-19-24(21-13-6-3-7-14-21)22-15-8-4-9-16-22/h3-11,13-18,24,26H,12,19-20H2,1-2H3. The van der Waals surface area contributed by atoms with Crippen LogP contribution in [0.4, 0.5) is 0 Å². The summed E-state index contributed by atoms with van der Waals surface area (Å²) in [4.78, 5) is 0. The molecule has 3 rings (SSSR count). The van der Waals surface area contributed by atoms with Crippen molar-refractivity contribution < 1.29 is 14.0 Å². The van der Waals surface area contributed by atoms with Crippen LogP contribution in [0.5, 0.6) is 0 Å². The summed E-state index contributed by atoms with van der Waals surface area (Å²) in [5.74, 6) is 0.314. The first-order valence-corrected chi connectivity index (χ1v) is 13.1. The van der Waals surface area contributed by atoms with Gasteiger partial charge in [-0.25, -0.2) is 0 Å². The van der Waals surface area contributed by atoms with Gasteiger partial charge in [0.15, 0.2) is 0 Å². The summed E-state index contributed by atoms with van der Waals surface area (Å²) < 4.78 is 11.5. The third-order valence-electron chi connectivity index (χ3n) is 5.17. The summed E-state index contributed by atoms with van der Waals surface area (Å²) >= 11 is 0. The number of benzene rings is 3. The Bertz CT molecular complexity index is 804. The first-order valence-electron chi connectivity index (χ1n) is 10.2. The second-order valence-corrected chi connectivity index (χ2v) is 11.5. The van der Waals surface area contributed by atoms with Gasteiger partial charge in [0.2, 0.25) is 8.32 Å². The van der Waals surface area contributed by atoms with Gasteiger partial charge in [-0.05, 0) is 42.2 Å². The van der Waals surface area contributed by atoms with Gasteiger partial charge < -0.3 is 14.0 Å². The van der Waals surface area contributed by atoms with Crippen molar-refractivity contribution in [3.8, 4) is 0 Å². The molecular weight excluding hydrogens is 375 g/mol. The molecule has 150 valence electrons. The molecule has 0 radical (unpaired) electrons.